The van der Waals surface area contributed by atoms with Crippen molar-refractivity contribution < 1.29 is 13.6 Å². The topological polar surface area (TPSA) is 55.1 Å². The number of carbonyl (C=O) groups excluding carboxylic acids is 1. The van der Waals surface area contributed by atoms with Gasteiger partial charge in [0.15, 0.2) is 0 Å². The average Bonchev–Trinajstić information content (AvgIpc) is 2.09. The van der Waals surface area contributed by atoms with Crippen molar-refractivity contribution in [3.8, 4) is 0 Å². The van der Waals surface area contributed by atoms with Crippen molar-refractivity contribution in [1.29, 1.82) is 0 Å². The zero-order valence-electron chi connectivity index (χ0n) is 6.98. The minimum absolute atomic E-state index is 0.00861. The van der Waals surface area contributed by atoms with Crippen LogP contribution in [0.15, 0.2) is 12.1 Å². The number of halogens is 3. The molecule has 0 unspecified atom stereocenters. The van der Waals surface area contributed by atoms with Gasteiger partial charge in [0.25, 0.3) is 0 Å². The summed E-state index contributed by atoms with van der Waals surface area (Å²) in [5.74, 6) is -1.43. The minimum atomic E-state index is -0.806. The summed E-state index contributed by atoms with van der Waals surface area (Å²) >= 11 is 5.32. The summed E-state index contributed by atoms with van der Waals surface area (Å²) in [7, 11) is 0. The summed E-state index contributed by atoms with van der Waals surface area (Å²) in [5.41, 5.74) is 4.76. The summed E-state index contributed by atoms with van der Waals surface area (Å²) in [6, 6.07) is 0.947. The lowest BCUT2D eigenvalue weighted by Crippen LogP contribution is -2.29. The van der Waals surface area contributed by atoms with Crippen LogP contribution in [-0.2, 0) is 6.54 Å². The van der Waals surface area contributed by atoms with Gasteiger partial charge in [-0.2, -0.15) is 0 Å². The molecule has 76 valence electrons. The summed E-state index contributed by atoms with van der Waals surface area (Å²) in [5, 5.41) is 1.84. The van der Waals surface area contributed by atoms with E-state index in [0.717, 1.165) is 12.1 Å². The number of nitrogens with one attached hydrogen (secondary N) is 1. The Morgan fingerprint density at radius 2 is 2.07 bits per heavy atom. The number of nitrogens with two attached hydrogens (primary N) is 1. The third-order valence-electron chi connectivity index (χ3n) is 1.54. The third-order valence-corrected chi connectivity index (χ3v) is 1.83. The zero-order valence-corrected chi connectivity index (χ0v) is 7.74. The summed E-state index contributed by atoms with van der Waals surface area (Å²) < 4.78 is 25.9. The van der Waals surface area contributed by atoms with Gasteiger partial charge in [-0.3, -0.25) is 0 Å². The van der Waals surface area contributed by atoms with Crippen LogP contribution in [0.4, 0.5) is 13.6 Å². The number of hydrogen-bond acceptors (Lipinski definition) is 1. The molecule has 1 aromatic rings. The fourth-order valence-corrected chi connectivity index (χ4v) is 1.03. The highest BCUT2D eigenvalue weighted by Crippen LogP contribution is 2.18. The molecule has 0 saturated heterocycles. The third kappa shape index (κ3) is 2.56. The molecule has 0 radical (unpaired) electrons. The second-order valence-electron chi connectivity index (χ2n) is 2.58. The molecule has 0 bridgehead atoms. The van der Waals surface area contributed by atoms with Crippen LogP contribution in [-0.4, -0.2) is 6.03 Å². The van der Waals surface area contributed by atoms with Crippen molar-refractivity contribution in [3.05, 3.63) is 34.4 Å². The second kappa shape index (κ2) is 4.23. The lowest BCUT2D eigenvalue weighted by atomic mass is 10.2. The predicted molar refractivity (Wildman–Crippen MR) is 47.8 cm³/mol. The number of carbonyl (C=O) groups is 1. The molecular weight excluding hydrogens is 214 g/mol. The van der Waals surface area contributed by atoms with Gasteiger partial charge in [0.1, 0.15) is 11.6 Å². The van der Waals surface area contributed by atoms with E-state index >= 15 is 0 Å². The molecule has 0 aromatic heterocycles. The van der Waals surface area contributed by atoms with Crippen LogP contribution < -0.4 is 11.1 Å². The molecule has 1 aromatic carbocycles. The lowest BCUT2D eigenvalue weighted by molar-refractivity contribution is 0.248. The molecule has 14 heavy (non-hydrogen) atoms. The summed E-state index contributed by atoms with van der Waals surface area (Å²) in [6.45, 7) is -0.171. The molecule has 3 N–H and O–H groups in total. The highest BCUT2D eigenvalue weighted by atomic mass is 35.5. The normalized spacial score (nSPS) is 9.93. The van der Waals surface area contributed by atoms with Gasteiger partial charge in [0.2, 0.25) is 0 Å². The van der Waals surface area contributed by atoms with Gasteiger partial charge in [-0.05, 0) is 12.1 Å². The molecule has 2 amide bonds. The quantitative estimate of drug-likeness (QED) is 0.734. The lowest BCUT2D eigenvalue weighted by Gasteiger charge is -2.04. The Bertz CT molecular complexity index is 371. The van der Waals surface area contributed by atoms with Gasteiger partial charge in [-0.1, -0.05) is 11.6 Å². The van der Waals surface area contributed by atoms with Gasteiger partial charge < -0.3 is 11.1 Å². The molecule has 0 spiro atoms. The summed E-state index contributed by atoms with van der Waals surface area (Å²) in [4.78, 5) is 10.3. The Morgan fingerprint density at radius 1 is 1.43 bits per heavy atom. The van der Waals surface area contributed by atoms with Crippen LogP contribution >= 0.6 is 11.6 Å². The highest BCUT2D eigenvalue weighted by Gasteiger charge is 2.08. The van der Waals surface area contributed by atoms with E-state index in [1.54, 1.807) is 0 Å². The maximum atomic E-state index is 13.0. The van der Waals surface area contributed by atoms with Crippen molar-refractivity contribution in [3.63, 3.8) is 0 Å². The number of benzene rings is 1. The van der Waals surface area contributed by atoms with Gasteiger partial charge in [0, 0.05) is 12.1 Å². The Kier molecular flexibility index (Phi) is 3.24. The molecule has 0 atom stereocenters. The zero-order chi connectivity index (χ0) is 10.7. The number of primary amides is 1. The van der Waals surface area contributed by atoms with E-state index in [-0.39, 0.29) is 17.1 Å². The van der Waals surface area contributed by atoms with Gasteiger partial charge in [-0.25, -0.2) is 13.6 Å². The monoisotopic (exact) mass is 220 g/mol. The molecular formula is C8H7ClF2N2O. The van der Waals surface area contributed by atoms with Crippen LogP contribution in [0.1, 0.15) is 5.56 Å². The van der Waals surface area contributed by atoms with E-state index in [4.69, 9.17) is 17.3 Å². The Morgan fingerprint density at radius 3 is 2.64 bits per heavy atom. The van der Waals surface area contributed by atoms with E-state index in [1.807, 2.05) is 0 Å². The van der Waals surface area contributed by atoms with Crippen LogP contribution in [0.25, 0.3) is 0 Å². The fraction of sp³-hybridized carbons (Fsp3) is 0.125. The van der Waals surface area contributed by atoms with Crippen molar-refractivity contribution in [1.82, 2.24) is 5.32 Å². The van der Waals surface area contributed by atoms with Crippen molar-refractivity contribution in [2.45, 2.75) is 6.54 Å². The number of rotatable bonds is 2. The maximum Gasteiger partial charge on any atom is 0.312 e. The Labute approximate surface area is 83.8 Å². The van der Waals surface area contributed by atoms with Gasteiger partial charge >= 0.3 is 6.03 Å². The smallest absolute Gasteiger partial charge is 0.312 e. The Hall–Kier alpha value is -1.36. The number of urea groups is 1. The Balaban J connectivity index is 2.87. The van der Waals surface area contributed by atoms with Crippen LogP contribution in [0.2, 0.25) is 5.02 Å². The van der Waals surface area contributed by atoms with E-state index < -0.39 is 17.7 Å². The molecule has 3 nitrogen and oxygen atoms in total. The van der Waals surface area contributed by atoms with Crippen molar-refractivity contribution >= 4 is 17.6 Å². The molecule has 1 rings (SSSR count). The molecule has 0 aliphatic carbocycles. The highest BCUT2D eigenvalue weighted by molar-refractivity contribution is 6.30. The molecule has 0 heterocycles. The van der Waals surface area contributed by atoms with Crippen LogP contribution in [0.5, 0.6) is 0 Å². The van der Waals surface area contributed by atoms with E-state index in [1.165, 1.54) is 0 Å². The first-order chi connectivity index (χ1) is 6.50. The van der Waals surface area contributed by atoms with Crippen molar-refractivity contribution in [2.24, 2.45) is 5.73 Å². The largest absolute Gasteiger partial charge is 0.352 e. The maximum absolute atomic E-state index is 13.0. The van der Waals surface area contributed by atoms with E-state index in [9.17, 15) is 13.6 Å². The first kappa shape index (κ1) is 10.7. The SMILES string of the molecule is NC(=O)NCc1cc(F)c(Cl)cc1F. The van der Waals surface area contributed by atoms with E-state index in [2.05, 4.69) is 5.32 Å². The molecule has 0 fully saturated rings. The van der Waals surface area contributed by atoms with Crippen LogP contribution in [0, 0.1) is 11.6 Å². The standard InChI is InChI=1S/C8H7ClF2N2O/c9-5-2-6(10)4(1-7(5)11)3-13-8(12)14/h1-2H,3H2,(H3,12,13,14). The van der Waals surface area contributed by atoms with E-state index in [0.29, 0.717) is 0 Å². The van der Waals surface area contributed by atoms with Gasteiger partial charge in [0.05, 0.1) is 5.02 Å². The fourth-order valence-electron chi connectivity index (χ4n) is 0.882. The first-order valence-electron chi connectivity index (χ1n) is 3.67. The van der Waals surface area contributed by atoms with Gasteiger partial charge in [-0.15, -0.1) is 0 Å². The summed E-state index contributed by atoms with van der Waals surface area (Å²) in [6.07, 6.45) is 0. The van der Waals surface area contributed by atoms with Crippen molar-refractivity contribution in [2.75, 3.05) is 0 Å². The first-order valence-corrected chi connectivity index (χ1v) is 4.05. The molecule has 0 aliphatic rings. The molecule has 6 heteroatoms. The minimum Gasteiger partial charge on any atom is -0.352 e. The molecule has 0 aliphatic heterocycles. The second-order valence-corrected chi connectivity index (χ2v) is 2.98. The average molecular weight is 221 g/mol. The number of amides is 2. The van der Waals surface area contributed by atoms with Crippen LogP contribution in [0.3, 0.4) is 0 Å². The number of hydrogen-bond donors (Lipinski definition) is 2. The molecule has 0 saturated carbocycles. The predicted octanol–water partition coefficient (Wildman–Crippen LogP) is 1.79.